The first-order valence-electron chi connectivity index (χ1n) is 7.39. The summed E-state index contributed by atoms with van der Waals surface area (Å²) in [4.78, 5) is 28.0. The van der Waals surface area contributed by atoms with Crippen LogP contribution in [0.15, 0.2) is 48.5 Å². The van der Waals surface area contributed by atoms with Crippen LogP contribution in [0.3, 0.4) is 0 Å². The second-order valence-corrected chi connectivity index (χ2v) is 6.63. The maximum absolute atomic E-state index is 11.9. The van der Waals surface area contributed by atoms with Gasteiger partial charge in [-0.2, -0.15) is 0 Å². The zero-order valence-electron chi connectivity index (χ0n) is 13.0. The molecule has 8 heteroatoms. The van der Waals surface area contributed by atoms with Gasteiger partial charge in [0.05, 0.1) is 16.8 Å². The number of amides is 2. The van der Waals surface area contributed by atoms with E-state index in [1.807, 2.05) is 24.3 Å². The number of rotatable bonds is 5. The van der Waals surface area contributed by atoms with E-state index in [0.717, 1.165) is 15.2 Å². The number of fused-ring (bicyclic) bond motifs is 1. The van der Waals surface area contributed by atoms with E-state index in [1.54, 1.807) is 18.2 Å². The lowest BCUT2D eigenvalue weighted by Gasteiger charge is -2.07. The van der Waals surface area contributed by atoms with E-state index in [1.165, 1.54) is 17.4 Å². The topological polar surface area (TPSA) is 80.3 Å². The zero-order valence-corrected chi connectivity index (χ0v) is 14.6. The molecule has 128 valence electrons. The van der Waals surface area contributed by atoms with Gasteiger partial charge in [0.2, 0.25) is 0 Å². The molecule has 0 radical (unpaired) electrons. The molecule has 2 N–H and O–H groups in total. The van der Waals surface area contributed by atoms with Crippen molar-refractivity contribution in [2.45, 2.75) is 6.61 Å². The molecular formula is C17H14ClN3O3S. The highest BCUT2D eigenvalue weighted by atomic mass is 35.5. The quantitative estimate of drug-likeness (QED) is 0.672. The van der Waals surface area contributed by atoms with Crippen LogP contribution in [0.5, 0.6) is 0 Å². The number of hydrazine groups is 1. The summed E-state index contributed by atoms with van der Waals surface area (Å²) in [5.74, 6) is -0.918. The van der Waals surface area contributed by atoms with E-state index in [0.29, 0.717) is 10.6 Å². The summed E-state index contributed by atoms with van der Waals surface area (Å²) in [6.45, 7) is 0.0424. The highest BCUT2D eigenvalue weighted by Crippen LogP contribution is 2.21. The van der Waals surface area contributed by atoms with E-state index >= 15 is 0 Å². The van der Waals surface area contributed by atoms with Crippen molar-refractivity contribution in [3.8, 4) is 0 Å². The van der Waals surface area contributed by atoms with Gasteiger partial charge in [-0.25, -0.2) is 4.98 Å². The van der Waals surface area contributed by atoms with Crippen molar-refractivity contribution >= 4 is 45.0 Å². The number of para-hydroxylation sites is 1. The molecule has 0 saturated heterocycles. The molecule has 1 aromatic heterocycles. The van der Waals surface area contributed by atoms with E-state index in [-0.39, 0.29) is 13.2 Å². The number of halogens is 1. The van der Waals surface area contributed by atoms with Crippen molar-refractivity contribution in [2.75, 3.05) is 6.61 Å². The molecule has 0 spiro atoms. The summed E-state index contributed by atoms with van der Waals surface area (Å²) in [5.41, 5.74) is 5.85. The number of nitrogens with zero attached hydrogens (tertiary/aromatic N) is 1. The second kappa shape index (κ2) is 8.06. The third-order valence-electron chi connectivity index (χ3n) is 3.20. The molecule has 6 nitrogen and oxygen atoms in total. The predicted octanol–water partition coefficient (Wildman–Crippen LogP) is 2.93. The van der Waals surface area contributed by atoms with Gasteiger partial charge in [-0.1, -0.05) is 29.8 Å². The van der Waals surface area contributed by atoms with E-state index in [2.05, 4.69) is 15.8 Å². The first-order valence-corrected chi connectivity index (χ1v) is 8.58. The van der Waals surface area contributed by atoms with Crippen molar-refractivity contribution in [2.24, 2.45) is 0 Å². The summed E-state index contributed by atoms with van der Waals surface area (Å²) in [7, 11) is 0. The lowest BCUT2D eigenvalue weighted by molar-refractivity contribution is -0.126. The second-order valence-electron chi connectivity index (χ2n) is 5.08. The number of benzene rings is 2. The summed E-state index contributed by atoms with van der Waals surface area (Å²) in [6, 6.07) is 14.2. The van der Waals surface area contributed by atoms with Gasteiger partial charge in [0.15, 0.2) is 0 Å². The Hall–Kier alpha value is -2.48. The molecule has 0 fully saturated rings. The molecule has 3 rings (SSSR count). The number of nitrogens with one attached hydrogen (secondary N) is 2. The van der Waals surface area contributed by atoms with Crippen molar-refractivity contribution < 1.29 is 14.3 Å². The summed E-state index contributed by atoms with van der Waals surface area (Å²) in [5, 5.41) is 1.23. The number of ether oxygens (including phenoxy) is 1. The Morgan fingerprint density at radius 3 is 2.76 bits per heavy atom. The molecule has 0 aliphatic heterocycles. The average Bonchev–Trinajstić information content (AvgIpc) is 3.02. The minimum absolute atomic E-state index is 0.189. The fourth-order valence-electron chi connectivity index (χ4n) is 2.08. The molecule has 1 heterocycles. The van der Waals surface area contributed by atoms with Gasteiger partial charge in [0.1, 0.15) is 11.6 Å². The third kappa shape index (κ3) is 4.76. The van der Waals surface area contributed by atoms with Gasteiger partial charge in [-0.15, -0.1) is 11.3 Å². The Balaban J connectivity index is 1.42. The third-order valence-corrected chi connectivity index (χ3v) is 4.44. The molecule has 0 aliphatic rings. The maximum atomic E-state index is 11.9. The van der Waals surface area contributed by atoms with Crippen molar-refractivity contribution in [1.82, 2.24) is 15.8 Å². The molecule has 2 aromatic carbocycles. The van der Waals surface area contributed by atoms with E-state index in [9.17, 15) is 9.59 Å². The van der Waals surface area contributed by atoms with Gasteiger partial charge in [-0.05, 0) is 30.3 Å². The van der Waals surface area contributed by atoms with E-state index < -0.39 is 11.8 Å². The number of carbonyl (C=O) groups excluding carboxylic acids is 2. The monoisotopic (exact) mass is 375 g/mol. The molecule has 0 bridgehead atoms. The molecular weight excluding hydrogens is 362 g/mol. The largest absolute Gasteiger partial charge is 0.364 e. The molecule has 3 aromatic rings. The van der Waals surface area contributed by atoms with Crippen LogP contribution < -0.4 is 10.9 Å². The molecule has 0 aliphatic carbocycles. The Morgan fingerprint density at radius 2 is 1.96 bits per heavy atom. The Labute approximate surface area is 152 Å². The molecule has 0 saturated carbocycles. The van der Waals surface area contributed by atoms with Gasteiger partial charge >= 0.3 is 0 Å². The average molecular weight is 376 g/mol. The van der Waals surface area contributed by atoms with Crippen LogP contribution >= 0.6 is 22.9 Å². The summed E-state index contributed by atoms with van der Waals surface area (Å²) in [6.07, 6.45) is 0. The van der Waals surface area contributed by atoms with Gasteiger partial charge in [-0.3, -0.25) is 20.4 Å². The lowest BCUT2D eigenvalue weighted by Crippen LogP contribution is -2.43. The van der Waals surface area contributed by atoms with Crippen LogP contribution in [0.2, 0.25) is 5.02 Å². The minimum Gasteiger partial charge on any atom is -0.364 e. The standard InChI is InChI=1S/C17H14ClN3O3S/c18-12-5-3-4-11(8-12)17(23)21-20-15(22)9-24-10-16-19-13-6-1-2-7-14(13)25-16/h1-8H,9-10H2,(H,20,22)(H,21,23). The molecule has 0 atom stereocenters. The fourth-order valence-corrected chi connectivity index (χ4v) is 3.17. The summed E-state index contributed by atoms with van der Waals surface area (Å²) >= 11 is 7.33. The maximum Gasteiger partial charge on any atom is 0.269 e. The number of aromatic nitrogens is 1. The van der Waals surface area contributed by atoms with Crippen LogP contribution in [-0.4, -0.2) is 23.4 Å². The van der Waals surface area contributed by atoms with Crippen LogP contribution in [0, 0.1) is 0 Å². The van der Waals surface area contributed by atoms with Crippen molar-refractivity contribution in [3.63, 3.8) is 0 Å². The fraction of sp³-hybridized carbons (Fsp3) is 0.118. The van der Waals surface area contributed by atoms with Crippen molar-refractivity contribution in [3.05, 3.63) is 64.1 Å². The molecule has 2 amide bonds. The highest BCUT2D eigenvalue weighted by molar-refractivity contribution is 7.18. The van der Waals surface area contributed by atoms with Crippen LogP contribution in [0.25, 0.3) is 10.2 Å². The number of hydrogen-bond acceptors (Lipinski definition) is 5. The SMILES string of the molecule is O=C(COCc1nc2ccccc2s1)NNC(=O)c1cccc(Cl)c1. The van der Waals surface area contributed by atoms with Crippen LogP contribution in [0.4, 0.5) is 0 Å². The molecule has 0 unspecified atom stereocenters. The zero-order chi connectivity index (χ0) is 17.6. The first-order chi connectivity index (χ1) is 12.1. The van der Waals surface area contributed by atoms with Gasteiger partial charge in [0.25, 0.3) is 11.8 Å². The lowest BCUT2D eigenvalue weighted by atomic mass is 10.2. The molecule has 25 heavy (non-hydrogen) atoms. The van der Waals surface area contributed by atoms with Crippen molar-refractivity contribution in [1.29, 1.82) is 0 Å². The Kier molecular flexibility index (Phi) is 5.60. The van der Waals surface area contributed by atoms with Gasteiger partial charge in [0, 0.05) is 10.6 Å². The van der Waals surface area contributed by atoms with Crippen LogP contribution in [-0.2, 0) is 16.1 Å². The Bertz CT molecular complexity index is 880. The first kappa shape index (κ1) is 17.3. The minimum atomic E-state index is -0.462. The van der Waals surface area contributed by atoms with Gasteiger partial charge < -0.3 is 4.74 Å². The highest BCUT2D eigenvalue weighted by Gasteiger charge is 2.09. The van der Waals surface area contributed by atoms with Crippen LogP contribution in [0.1, 0.15) is 15.4 Å². The number of hydrogen-bond donors (Lipinski definition) is 2. The Morgan fingerprint density at radius 1 is 1.12 bits per heavy atom. The smallest absolute Gasteiger partial charge is 0.269 e. The summed E-state index contributed by atoms with van der Waals surface area (Å²) < 4.78 is 6.40. The number of carbonyl (C=O) groups is 2. The number of thiazole rings is 1. The van der Waals surface area contributed by atoms with E-state index in [4.69, 9.17) is 16.3 Å². The predicted molar refractivity (Wildman–Crippen MR) is 96.3 cm³/mol. The normalized spacial score (nSPS) is 10.6.